The average molecular weight is 265 g/mol. The van der Waals surface area contributed by atoms with Gasteiger partial charge in [0.2, 0.25) is 0 Å². The fourth-order valence-electron chi connectivity index (χ4n) is 1.53. The molecule has 1 aromatic carbocycles. The first-order valence-electron chi connectivity index (χ1n) is 5.42. The molecule has 0 heterocycles. The third kappa shape index (κ3) is 3.57. The highest BCUT2D eigenvalue weighted by Crippen LogP contribution is 2.21. The molecule has 6 heteroatoms. The number of hydrogen-bond acceptors (Lipinski definition) is 4. The standard InChI is InChI=1S/C12H15N3O2S/c1-4-12(14-8-13)15-10-5-6-11(9(2)7-10)18(3,16)17/h5-7H,4H2,1-3H3,(H,14,15). The molecule has 0 aromatic heterocycles. The summed E-state index contributed by atoms with van der Waals surface area (Å²) in [7, 11) is -3.21. The minimum atomic E-state index is -3.21. The molecule has 1 rings (SSSR count). The van der Waals surface area contributed by atoms with Crippen LogP contribution in [0.1, 0.15) is 18.9 Å². The zero-order valence-electron chi connectivity index (χ0n) is 10.6. The molecule has 0 saturated carbocycles. The summed E-state index contributed by atoms with van der Waals surface area (Å²) in [6.07, 6.45) is 3.58. The van der Waals surface area contributed by atoms with Crippen LogP contribution >= 0.6 is 0 Å². The molecule has 1 N–H and O–H groups in total. The van der Waals surface area contributed by atoms with Gasteiger partial charge in [-0.15, -0.1) is 0 Å². The first kappa shape index (κ1) is 14.2. The predicted octanol–water partition coefficient (Wildman–Crippen LogP) is 1.91. The Hall–Kier alpha value is -1.87. The molecule has 0 bridgehead atoms. The minimum absolute atomic E-state index is 0.299. The van der Waals surface area contributed by atoms with E-state index < -0.39 is 9.84 Å². The van der Waals surface area contributed by atoms with Crippen LogP contribution in [0.25, 0.3) is 0 Å². The molecular formula is C12H15N3O2S. The Morgan fingerprint density at radius 1 is 1.50 bits per heavy atom. The third-order valence-electron chi connectivity index (χ3n) is 2.36. The molecule has 0 unspecified atom stereocenters. The summed E-state index contributed by atoms with van der Waals surface area (Å²) >= 11 is 0. The Morgan fingerprint density at radius 3 is 2.61 bits per heavy atom. The lowest BCUT2D eigenvalue weighted by Crippen LogP contribution is -2.15. The summed E-state index contributed by atoms with van der Waals surface area (Å²) in [6.45, 7) is 3.60. The van der Waals surface area contributed by atoms with Crippen LogP contribution < -0.4 is 5.32 Å². The zero-order valence-corrected chi connectivity index (χ0v) is 11.4. The molecule has 0 fully saturated rings. The van der Waals surface area contributed by atoms with Crippen molar-refractivity contribution < 1.29 is 8.42 Å². The molecule has 18 heavy (non-hydrogen) atoms. The second-order valence-corrected chi connectivity index (χ2v) is 5.85. The summed E-state index contributed by atoms with van der Waals surface area (Å²) in [5.74, 6) is 0.545. The number of nitrogens with zero attached hydrogens (tertiary/aromatic N) is 2. The SMILES string of the molecule is CCC(=Nc1ccc(S(C)(=O)=O)c(C)c1)NC#N. The molecule has 0 saturated heterocycles. The second kappa shape index (κ2) is 5.65. The van der Waals surface area contributed by atoms with E-state index in [2.05, 4.69) is 10.3 Å². The average Bonchev–Trinajstić information content (AvgIpc) is 2.26. The van der Waals surface area contributed by atoms with Crippen molar-refractivity contribution in [2.45, 2.75) is 25.2 Å². The summed E-state index contributed by atoms with van der Waals surface area (Å²) in [6, 6.07) is 4.84. The Kier molecular flexibility index (Phi) is 4.45. The maximum absolute atomic E-state index is 11.5. The summed E-state index contributed by atoms with van der Waals surface area (Å²) in [5, 5.41) is 11.0. The maximum atomic E-state index is 11.5. The smallest absolute Gasteiger partial charge is 0.182 e. The molecule has 0 radical (unpaired) electrons. The van der Waals surface area contributed by atoms with E-state index >= 15 is 0 Å². The summed E-state index contributed by atoms with van der Waals surface area (Å²) < 4.78 is 22.9. The van der Waals surface area contributed by atoms with Crippen LogP contribution in [0.2, 0.25) is 0 Å². The van der Waals surface area contributed by atoms with Gasteiger partial charge in [0, 0.05) is 12.7 Å². The predicted molar refractivity (Wildman–Crippen MR) is 70.4 cm³/mol. The summed E-state index contributed by atoms with van der Waals surface area (Å²) in [4.78, 5) is 4.54. The molecule has 0 aliphatic heterocycles. The van der Waals surface area contributed by atoms with Gasteiger partial charge in [-0.1, -0.05) is 6.92 Å². The van der Waals surface area contributed by atoms with Crippen LogP contribution in [-0.2, 0) is 9.84 Å². The van der Waals surface area contributed by atoms with Crippen molar-refractivity contribution in [3.8, 4) is 6.19 Å². The minimum Gasteiger partial charge on any atom is -0.280 e. The normalized spacial score (nSPS) is 12.0. The van der Waals surface area contributed by atoms with Crippen molar-refractivity contribution >= 4 is 21.4 Å². The lowest BCUT2D eigenvalue weighted by Gasteiger charge is -2.05. The largest absolute Gasteiger partial charge is 0.280 e. The van der Waals surface area contributed by atoms with E-state index in [9.17, 15) is 8.42 Å². The highest BCUT2D eigenvalue weighted by atomic mass is 32.2. The van der Waals surface area contributed by atoms with Gasteiger partial charge in [-0.25, -0.2) is 13.4 Å². The van der Waals surface area contributed by atoms with E-state index in [1.54, 1.807) is 19.1 Å². The van der Waals surface area contributed by atoms with E-state index in [1.807, 2.05) is 13.1 Å². The van der Waals surface area contributed by atoms with Gasteiger partial charge in [0.25, 0.3) is 0 Å². The number of aryl methyl sites for hydroxylation is 1. The maximum Gasteiger partial charge on any atom is 0.182 e. The topological polar surface area (TPSA) is 82.3 Å². The van der Waals surface area contributed by atoms with E-state index in [1.165, 1.54) is 12.3 Å². The molecule has 5 nitrogen and oxygen atoms in total. The molecule has 0 aliphatic carbocycles. The highest BCUT2D eigenvalue weighted by molar-refractivity contribution is 7.90. The van der Waals surface area contributed by atoms with Crippen LogP contribution in [0.5, 0.6) is 0 Å². The van der Waals surface area contributed by atoms with Crippen molar-refractivity contribution in [1.29, 1.82) is 5.26 Å². The first-order valence-corrected chi connectivity index (χ1v) is 7.31. The summed E-state index contributed by atoms with van der Waals surface area (Å²) in [5.41, 5.74) is 1.27. The fourth-order valence-corrected chi connectivity index (χ4v) is 2.49. The van der Waals surface area contributed by atoms with Crippen LogP contribution in [0.15, 0.2) is 28.1 Å². The van der Waals surface area contributed by atoms with E-state index in [0.29, 0.717) is 28.4 Å². The first-order chi connectivity index (χ1) is 8.38. The number of nitrogens with one attached hydrogen (secondary N) is 1. The monoisotopic (exact) mass is 265 g/mol. The molecule has 1 aromatic rings. The van der Waals surface area contributed by atoms with Crippen LogP contribution in [0.3, 0.4) is 0 Å². The second-order valence-electron chi connectivity index (χ2n) is 3.87. The Morgan fingerprint density at radius 2 is 2.17 bits per heavy atom. The number of nitriles is 1. The van der Waals surface area contributed by atoms with Gasteiger partial charge >= 0.3 is 0 Å². The molecule has 96 valence electrons. The van der Waals surface area contributed by atoms with Crippen LogP contribution in [0.4, 0.5) is 5.69 Å². The van der Waals surface area contributed by atoms with E-state index in [0.717, 1.165) is 0 Å². The third-order valence-corrected chi connectivity index (χ3v) is 3.61. The Bertz CT molecular complexity index is 613. The number of sulfone groups is 1. The molecule has 0 spiro atoms. The van der Waals surface area contributed by atoms with Gasteiger partial charge < -0.3 is 0 Å². The number of hydrogen-bond donors (Lipinski definition) is 1. The highest BCUT2D eigenvalue weighted by Gasteiger charge is 2.10. The van der Waals surface area contributed by atoms with Crippen LogP contribution in [0, 0.1) is 18.4 Å². The van der Waals surface area contributed by atoms with Gasteiger partial charge in [-0.3, -0.25) is 5.32 Å². The van der Waals surface area contributed by atoms with Crippen molar-refractivity contribution in [2.24, 2.45) is 4.99 Å². The number of amidine groups is 1. The quantitative estimate of drug-likeness (QED) is 0.391. The van der Waals surface area contributed by atoms with E-state index in [-0.39, 0.29) is 0 Å². The molecule has 0 atom stereocenters. The van der Waals surface area contributed by atoms with Crippen molar-refractivity contribution in [3.63, 3.8) is 0 Å². The lowest BCUT2D eigenvalue weighted by molar-refractivity contribution is 0.601. The van der Waals surface area contributed by atoms with Gasteiger partial charge in [-0.2, -0.15) is 5.26 Å². The number of aliphatic imine (C=N–C) groups is 1. The van der Waals surface area contributed by atoms with Crippen molar-refractivity contribution in [3.05, 3.63) is 23.8 Å². The van der Waals surface area contributed by atoms with E-state index in [4.69, 9.17) is 5.26 Å². The number of rotatable bonds is 3. The Labute approximate surface area is 107 Å². The number of benzene rings is 1. The van der Waals surface area contributed by atoms with Gasteiger partial charge in [0.05, 0.1) is 10.6 Å². The van der Waals surface area contributed by atoms with Crippen LogP contribution in [-0.4, -0.2) is 20.5 Å². The van der Waals surface area contributed by atoms with Crippen molar-refractivity contribution in [1.82, 2.24) is 5.32 Å². The zero-order chi connectivity index (χ0) is 13.8. The molecular weight excluding hydrogens is 250 g/mol. The van der Waals surface area contributed by atoms with Gasteiger partial charge in [0.15, 0.2) is 16.0 Å². The molecule has 0 aliphatic rings. The lowest BCUT2D eigenvalue weighted by atomic mass is 10.2. The molecule has 0 amide bonds. The Balaban J connectivity index is 3.17. The van der Waals surface area contributed by atoms with Gasteiger partial charge in [0.1, 0.15) is 5.84 Å². The van der Waals surface area contributed by atoms with Gasteiger partial charge in [-0.05, 0) is 30.7 Å². The van der Waals surface area contributed by atoms with Crippen molar-refractivity contribution in [2.75, 3.05) is 6.26 Å². The fraction of sp³-hybridized carbons (Fsp3) is 0.333.